The van der Waals surface area contributed by atoms with Crippen molar-refractivity contribution in [2.24, 2.45) is 0 Å². The van der Waals surface area contributed by atoms with E-state index < -0.39 is 5.54 Å². The molecule has 2 saturated heterocycles. The van der Waals surface area contributed by atoms with Gasteiger partial charge in [-0.2, -0.15) is 0 Å². The third-order valence-electron chi connectivity index (χ3n) is 6.22. The molecular weight excluding hydrogens is 428 g/mol. The Kier molecular flexibility index (Phi) is 6.11. The number of piperazine rings is 1. The standard InChI is InChI=1S/C24H27ClN4O3/c1-17(2)28-15-21(30)29(14-18-8-10-19(25)11-9-18)24(22(28)31)12-13-27(16-24)23(32)26-20-6-4-3-5-7-20/h3-11,17H,12-16H2,1-2H3,(H,26,32)/t24-/m0/s1. The van der Waals surface area contributed by atoms with E-state index in [0.29, 0.717) is 30.2 Å². The van der Waals surface area contributed by atoms with Crippen molar-refractivity contribution in [2.45, 2.75) is 38.4 Å². The lowest BCUT2D eigenvalue weighted by Gasteiger charge is -2.48. The number of nitrogens with one attached hydrogen (secondary N) is 1. The molecule has 8 heteroatoms. The van der Waals surface area contributed by atoms with Gasteiger partial charge in [-0.1, -0.05) is 41.9 Å². The first-order valence-corrected chi connectivity index (χ1v) is 11.1. The van der Waals surface area contributed by atoms with Crippen LogP contribution >= 0.6 is 11.6 Å². The number of carbonyl (C=O) groups excluding carboxylic acids is 3. The Hall–Kier alpha value is -3.06. The molecule has 4 rings (SSSR count). The van der Waals surface area contributed by atoms with Crippen molar-refractivity contribution in [3.8, 4) is 0 Å². The van der Waals surface area contributed by atoms with Crippen molar-refractivity contribution in [1.29, 1.82) is 0 Å². The number of anilines is 1. The zero-order valence-corrected chi connectivity index (χ0v) is 19.0. The number of para-hydroxylation sites is 1. The van der Waals surface area contributed by atoms with Gasteiger partial charge in [-0.25, -0.2) is 4.79 Å². The highest BCUT2D eigenvalue weighted by Gasteiger charge is 2.57. The molecule has 1 N–H and O–H groups in total. The van der Waals surface area contributed by atoms with Crippen molar-refractivity contribution in [3.63, 3.8) is 0 Å². The number of amides is 4. The van der Waals surface area contributed by atoms with E-state index >= 15 is 0 Å². The predicted molar refractivity (Wildman–Crippen MR) is 123 cm³/mol. The normalized spacial score (nSPS) is 21.1. The number of hydrogen-bond donors (Lipinski definition) is 1. The fraction of sp³-hybridized carbons (Fsp3) is 0.375. The van der Waals surface area contributed by atoms with Crippen molar-refractivity contribution in [2.75, 3.05) is 25.0 Å². The lowest BCUT2D eigenvalue weighted by molar-refractivity contribution is -0.166. The largest absolute Gasteiger partial charge is 0.329 e. The molecule has 0 unspecified atom stereocenters. The van der Waals surface area contributed by atoms with E-state index in [1.165, 1.54) is 0 Å². The lowest BCUT2D eigenvalue weighted by Crippen LogP contribution is -2.69. The second-order valence-corrected chi connectivity index (χ2v) is 9.07. The van der Waals surface area contributed by atoms with Gasteiger partial charge in [0.15, 0.2) is 0 Å². The molecule has 7 nitrogen and oxygen atoms in total. The van der Waals surface area contributed by atoms with Crippen molar-refractivity contribution in [3.05, 3.63) is 65.2 Å². The van der Waals surface area contributed by atoms with E-state index in [0.717, 1.165) is 5.56 Å². The highest BCUT2D eigenvalue weighted by atomic mass is 35.5. The maximum atomic E-state index is 13.7. The summed E-state index contributed by atoms with van der Waals surface area (Å²) in [6.07, 6.45) is 0.399. The maximum absolute atomic E-state index is 13.7. The molecule has 2 fully saturated rings. The van der Waals surface area contributed by atoms with Crippen LogP contribution in [-0.4, -0.2) is 63.8 Å². The van der Waals surface area contributed by atoms with Gasteiger partial charge in [-0.3, -0.25) is 9.59 Å². The SMILES string of the molecule is CC(C)N1CC(=O)N(Cc2ccc(Cl)cc2)[C@]2(CCN(C(=O)Nc3ccccc3)C2)C1=O. The van der Waals surface area contributed by atoms with Crippen LogP contribution in [0.4, 0.5) is 10.5 Å². The third kappa shape index (κ3) is 4.17. The summed E-state index contributed by atoms with van der Waals surface area (Å²) in [5.41, 5.74) is 0.499. The molecule has 0 radical (unpaired) electrons. The number of urea groups is 1. The van der Waals surface area contributed by atoms with Gasteiger partial charge in [-0.05, 0) is 50.1 Å². The van der Waals surface area contributed by atoms with E-state index in [1.807, 2.05) is 56.3 Å². The first-order valence-electron chi connectivity index (χ1n) is 10.8. The Morgan fingerprint density at radius 1 is 1.09 bits per heavy atom. The van der Waals surface area contributed by atoms with Crippen LogP contribution in [0.5, 0.6) is 0 Å². The number of rotatable bonds is 4. The summed E-state index contributed by atoms with van der Waals surface area (Å²) < 4.78 is 0. The second kappa shape index (κ2) is 8.82. The highest BCUT2D eigenvalue weighted by molar-refractivity contribution is 6.30. The molecule has 0 aliphatic carbocycles. The minimum absolute atomic E-state index is 0.0437. The van der Waals surface area contributed by atoms with Crippen LogP contribution < -0.4 is 5.32 Å². The number of halogens is 1. The fourth-order valence-corrected chi connectivity index (χ4v) is 4.57. The quantitative estimate of drug-likeness (QED) is 0.767. The summed E-state index contributed by atoms with van der Waals surface area (Å²) in [6, 6.07) is 16.1. The van der Waals surface area contributed by atoms with Crippen LogP contribution in [-0.2, 0) is 16.1 Å². The summed E-state index contributed by atoms with van der Waals surface area (Å²) in [4.78, 5) is 44.7. The molecule has 32 heavy (non-hydrogen) atoms. The molecule has 4 amide bonds. The van der Waals surface area contributed by atoms with Gasteiger partial charge in [-0.15, -0.1) is 0 Å². The van der Waals surface area contributed by atoms with E-state index in [9.17, 15) is 14.4 Å². The molecule has 0 bridgehead atoms. The molecule has 0 saturated carbocycles. The minimum Gasteiger partial charge on any atom is -0.329 e. The number of nitrogens with zero attached hydrogens (tertiary/aromatic N) is 3. The molecule has 2 heterocycles. The zero-order chi connectivity index (χ0) is 22.9. The van der Waals surface area contributed by atoms with Crippen LogP contribution in [0.3, 0.4) is 0 Å². The molecule has 168 valence electrons. The maximum Gasteiger partial charge on any atom is 0.321 e. The average molecular weight is 455 g/mol. The zero-order valence-electron chi connectivity index (χ0n) is 18.3. The summed E-state index contributed by atoms with van der Waals surface area (Å²) in [6.45, 7) is 4.70. The molecule has 2 aliphatic rings. The van der Waals surface area contributed by atoms with Crippen LogP contribution in [0.2, 0.25) is 5.02 Å². The molecule has 2 aromatic rings. The first-order chi connectivity index (χ1) is 15.3. The molecule has 1 spiro atoms. The van der Waals surface area contributed by atoms with Crippen molar-refractivity contribution in [1.82, 2.24) is 14.7 Å². The average Bonchev–Trinajstić information content (AvgIpc) is 3.22. The predicted octanol–water partition coefficient (Wildman–Crippen LogP) is 3.60. The van der Waals surface area contributed by atoms with Crippen LogP contribution in [0.1, 0.15) is 25.8 Å². The molecule has 2 aromatic carbocycles. The van der Waals surface area contributed by atoms with E-state index in [1.54, 1.807) is 26.8 Å². The first kappa shape index (κ1) is 22.1. The van der Waals surface area contributed by atoms with Gasteiger partial charge in [0.25, 0.3) is 5.91 Å². The highest BCUT2D eigenvalue weighted by Crippen LogP contribution is 2.36. The number of carbonyl (C=O) groups is 3. The number of hydrogen-bond acceptors (Lipinski definition) is 3. The summed E-state index contributed by atoms with van der Waals surface area (Å²) in [7, 11) is 0. The van der Waals surface area contributed by atoms with Gasteiger partial charge in [0.05, 0.1) is 6.54 Å². The van der Waals surface area contributed by atoms with Crippen LogP contribution in [0.15, 0.2) is 54.6 Å². The number of benzene rings is 2. The summed E-state index contributed by atoms with van der Waals surface area (Å²) in [5, 5.41) is 3.49. The molecule has 1 atom stereocenters. The third-order valence-corrected chi connectivity index (χ3v) is 6.47. The Bertz CT molecular complexity index is 1010. The van der Waals surface area contributed by atoms with Crippen LogP contribution in [0.25, 0.3) is 0 Å². The van der Waals surface area contributed by atoms with Crippen LogP contribution in [0, 0.1) is 0 Å². The van der Waals surface area contributed by atoms with Gasteiger partial charge in [0, 0.05) is 29.8 Å². The second-order valence-electron chi connectivity index (χ2n) is 8.63. The smallest absolute Gasteiger partial charge is 0.321 e. The van der Waals surface area contributed by atoms with Gasteiger partial charge in [0.2, 0.25) is 5.91 Å². The van der Waals surface area contributed by atoms with E-state index in [2.05, 4.69) is 5.32 Å². The van der Waals surface area contributed by atoms with Gasteiger partial charge < -0.3 is 20.0 Å². The Morgan fingerprint density at radius 3 is 2.44 bits per heavy atom. The Morgan fingerprint density at radius 2 is 1.78 bits per heavy atom. The van der Waals surface area contributed by atoms with Crippen molar-refractivity contribution < 1.29 is 14.4 Å². The molecule has 2 aliphatic heterocycles. The monoisotopic (exact) mass is 454 g/mol. The lowest BCUT2D eigenvalue weighted by atomic mass is 9.89. The van der Waals surface area contributed by atoms with Gasteiger partial charge >= 0.3 is 6.03 Å². The Labute approximate surface area is 192 Å². The molecular formula is C24H27ClN4O3. The van der Waals surface area contributed by atoms with E-state index in [-0.39, 0.29) is 37.0 Å². The minimum atomic E-state index is -1.08. The molecule has 0 aromatic heterocycles. The van der Waals surface area contributed by atoms with E-state index in [4.69, 9.17) is 11.6 Å². The topological polar surface area (TPSA) is 73.0 Å². The summed E-state index contributed by atoms with van der Waals surface area (Å²) in [5.74, 6) is -0.213. The van der Waals surface area contributed by atoms with Gasteiger partial charge in [0.1, 0.15) is 12.1 Å². The fourth-order valence-electron chi connectivity index (χ4n) is 4.44. The Balaban J connectivity index is 1.61. The van der Waals surface area contributed by atoms with Crippen molar-refractivity contribution >= 4 is 35.1 Å². The summed E-state index contributed by atoms with van der Waals surface area (Å²) >= 11 is 6.01. The number of likely N-dealkylation sites (tertiary alicyclic amines) is 1.